The van der Waals surface area contributed by atoms with Crippen LogP contribution in [0.5, 0.6) is 5.75 Å². The van der Waals surface area contributed by atoms with E-state index in [-0.39, 0.29) is 10.8 Å². The number of hydrogen-bond donors (Lipinski definition) is 1. The van der Waals surface area contributed by atoms with Crippen LogP contribution in [-0.2, 0) is 10.8 Å². The molecule has 1 rings (SSSR count). The molecule has 25 heavy (non-hydrogen) atoms. The van der Waals surface area contributed by atoms with Crippen LogP contribution in [0.2, 0.25) is 16.6 Å². The first kappa shape index (κ1) is 22.3. The largest absolute Gasteiger partial charge is 0.507 e. The van der Waals surface area contributed by atoms with E-state index in [1.807, 2.05) is 0 Å². The Morgan fingerprint density at radius 2 is 0.960 bits per heavy atom. The highest BCUT2D eigenvalue weighted by Gasteiger charge is 2.45. The zero-order chi connectivity index (χ0) is 20.0. The summed E-state index contributed by atoms with van der Waals surface area (Å²) < 4.78 is 0. The summed E-state index contributed by atoms with van der Waals surface area (Å²) in [6.07, 6.45) is 0. The van der Waals surface area contributed by atoms with Gasteiger partial charge in [-0.3, -0.25) is 0 Å². The van der Waals surface area contributed by atoms with Crippen LogP contribution in [0.4, 0.5) is 0 Å². The fourth-order valence-corrected chi connectivity index (χ4v) is 11.8. The SMILES string of the molecule is CC(C)[Si](c1cc(C(C)(C)C)c(O)c(C(C)(C)C)c1)(C(C)C)C(C)C. The fourth-order valence-electron chi connectivity index (χ4n) is 5.03. The van der Waals surface area contributed by atoms with E-state index < -0.39 is 8.07 Å². The summed E-state index contributed by atoms with van der Waals surface area (Å²) >= 11 is 0. The predicted molar refractivity (Wildman–Crippen MR) is 116 cm³/mol. The first-order valence-electron chi connectivity index (χ1n) is 9.96. The number of benzene rings is 1. The Balaban J connectivity index is 3.98. The highest BCUT2D eigenvalue weighted by molar-refractivity contribution is 6.95. The minimum absolute atomic E-state index is 0.0643. The molecule has 0 radical (unpaired) electrons. The molecular weight excluding hydrogens is 320 g/mol. The van der Waals surface area contributed by atoms with Gasteiger partial charge in [-0.1, -0.05) is 100 Å². The Morgan fingerprint density at radius 3 is 1.16 bits per heavy atom. The molecule has 0 aliphatic carbocycles. The van der Waals surface area contributed by atoms with Crippen LogP contribution in [-0.4, -0.2) is 13.2 Å². The van der Waals surface area contributed by atoms with Crippen molar-refractivity contribution in [3.8, 4) is 5.75 Å². The van der Waals surface area contributed by atoms with Crippen LogP contribution in [0.1, 0.15) is 94.2 Å². The second kappa shape index (κ2) is 7.10. The summed E-state index contributed by atoms with van der Waals surface area (Å²) in [5.41, 5.74) is 4.08. The van der Waals surface area contributed by atoms with Crippen molar-refractivity contribution in [1.29, 1.82) is 0 Å². The lowest BCUT2D eigenvalue weighted by atomic mass is 9.79. The van der Waals surface area contributed by atoms with Crippen LogP contribution in [0.3, 0.4) is 0 Å². The summed E-state index contributed by atoms with van der Waals surface area (Å²) in [4.78, 5) is 0. The fraction of sp³-hybridized carbons (Fsp3) is 0.739. The van der Waals surface area contributed by atoms with Crippen LogP contribution in [0, 0.1) is 0 Å². The molecule has 0 amide bonds. The zero-order valence-electron chi connectivity index (χ0n) is 18.8. The van der Waals surface area contributed by atoms with Gasteiger partial charge in [0.15, 0.2) is 0 Å². The quantitative estimate of drug-likeness (QED) is 0.579. The minimum Gasteiger partial charge on any atom is -0.507 e. The molecule has 0 heterocycles. The molecule has 0 atom stereocenters. The van der Waals surface area contributed by atoms with Gasteiger partial charge in [0.25, 0.3) is 0 Å². The van der Waals surface area contributed by atoms with E-state index >= 15 is 0 Å². The van der Waals surface area contributed by atoms with Crippen molar-refractivity contribution in [2.24, 2.45) is 0 Å². The molecule has 0 spiro atoms. The third kappa shape index (κ3) is 3.99. The van der Waals surface area contributed by atoms with E-state index in [0.717, 1.165) is 11.1 Å². The van der Waals surface area contributed by atoms with Crippen molar-refractivity contribution in [2.75, 3.05) is 0 Å². The molecule has 0 aliphatic heterocycles. The molecule has 0 saturated heterocycles. The average Bonchev–Trinajstić information content (AvgIpc) is 2.36. The summed E-state index contributed by atoms with van der Waals surface area (Å²) in [5, 5.41) is 12.6. The van der Waals surface area contributed by atoms with Crippen LogP contribution in [0.15, 0.2) is 12.1 Å². The Labute approximate surface area is 158 Å². The van der Waals surface area contributed by atoms with Crippen molar-refractivity contribution in [1.82, 2.24) is 0 Å². The second-order valence-corrected chi connectivity index (χ2v) is 16.7. The molecule has 0 fully saturated rings. The summed E-state index contributed by atoms with van der Waals surface area (Å²) in [6.45, 7) is 27.7. The van der Waals surface area contributed by atoms with E-state index in [1.165, 1.54) is 5.19 Å². The maximum absolute atomic E-state index is 11.1. The van der Waals surface area contributed by atoms with Gasteiger partial charge in [0.05, 0.1) is 8.07 Å². The minimum atomic E-state index is -1.76. The highest BCUT2D eigenvalue weighted by Crippen LogP contribution is 2.44. The molecule has 1 N–H and O–H groups in total. The van der Waals surface area contributed by atoms with Gasteiger partial charge >= 0.3 is 0 Å². The van der Waals surface area contributed by atoms with Crippen molar-refractivity contribution in [2.45, 2.75) is 111 Å². The monoisotopic (exact) mass is 362 g/mol. The van der Waals surface area contributed by atoms with Gasteiger partial charge in [0, 0.05) is 0 Å². The van der Waals surface area contributed by atoms with Crippen LogP contribution < -0.4 is 5.19 Å². The smallest absolute Gasteiger partial charge is 0.123 e. The average molecular weight is 363 g/mol. The number of rotatable bonds is 4. The lowest BCUT2D eigenvalue weighted by Crippen LogP contribution is -2.56. The van der Waals surface area contributed by atoms with Gasteiger partial charge in [-0.15, -0.1) is 0 Å². The summed E-state index contributed by atoms with van der Waals surface area (Å²) in [7, 11) is -1.76. The van der Waals surface area contributed by atoms with E-state index in [4.69, 9.17) is 0 Å². The lowest BCUT2D eigenvalue weighted by Gasteiger charge is -2.45. The Bertz CT molecular complexity index is 541. The van der Waals surface area contributed by atoms with Gasteiger partial charge in [0.1, 0.15) is 5.75 Å². The van der Waals surface area contributed by atoms with Crippen molar-refractivity contribution >= 4 is 13.3 Å². The molecule has 0 aromatic heterocycles. The molecule has 1 aromatic carbocycles. The van der Waals surface area contributed by atoms with Crippen molar-refractivity contribution in [3.63, 3.8) is 0 Å². The molecule has 1 nitrogen and oxygen atoms in total. The van der Waals surface area contributed by atoms with Gasteiger partial charge in [0.2, 0.25) is 0 Å². The number of hydrogen-bond acceptors (Lipinski definition) is 1. The topological polar surface area (TPSA) is 20.2 Å². The number of aromatic hydroxyl groups is 1. The number of phenolic OH excluding ortho intramolecular Hbond substituents is 1. The summed E-state index contributed by atoms with van der Waals surface area (Å²) in [6, 6.07) is 4.72. The third-order valence-corrected chi connectivity index (χ3v) is 13.1. The zero-order valence-corrected chi connectivity index (χ0v) is 19.8. The van der Waals surface area contributed by atoms with E-state index in [9.17, 15) is 5.11 Å². The van der Waals surface area contributed by atoms with Gasteiger partial charge in [-0.25, -0.2) is 0 Å². The van der Waals surface area contributed by atoms with Gasteiger partial charge in [-0.2, -0.15) is 0 Å². The molecule has 0 bridgehead atoms. The summed E-state index contributed by atoms with van der Waals surface area (Å²) in [5.74, 6) is 0.503. The van der Waals surface area contributed by atoms with Crippen LogP contribution >= 0.6 is 0 Å². The Kier molecular flexibility index (Phi) is 6.32. The molecular formula is C23H42OSi. The van der Waals surface area contributed by atoms with E-state index in [1.54, 1.807) is 0 Å². The molecule has 2 heteroatoms. The normalized spacial score (nSPS) is 14.0. The standard InChI is InChI=1S/C23H42OSi/c1-15(2)25(16(3)4,17(5)6)18-13-19(22(7,8)9)21(24)20(14-18)23(10,11)12/h13-17,24H,1-12H3. The number of phenols is 1. The maximum atomic E-state index is 11.1. The first-order valence-corrected chi connectivity index (χ1v) is 12.2. The predicted octanol–water partition coefficient (Wildman–Crippen LogP) is 6.87. The van der Waals surface area contributed by atoms with Gasteiger partial charge < -0.3 is 5.11 Å². The van der Waals surface area contributed by atoms with E-state index in [0.29, 0.717) is 22.4 Å². The first-order chi connectivity index (χ1) is 11.1. The second-order valence-electron chi connectivity index (χ2n) is 10.8. The third-order valence-electron chi connectivity index (χ3n) is 6.09. The molecule has 144 valence electrons. The van der Waals surface area contributed by atoms with E-state index in [2.05, 4.69) is 95.2 Å². The molecule has 1 aromatic rings. The molecule has 0 unspecified atom stereocenters. The maximum Gasteiger partial charge on any atom is 0.123 e. The van der Waals surface area contributed by atoms with Crippen molar-refractivity contribution < 1.29 is 5.11 Å². The lowest BCUT2D eigenvalue weighted by molar-refractivity contribution is 0.423. The Morgan fingerprint density at radius 1 is 0.680 bits per heavy atom. The Hall–Kier alpha value is -0.763. The van der Waals surface area contributed by atoms with Crippen molar-refractivity contribution in [3.05, 3.63) is 23.3 Å². The molecule has 0 aliphatic rings. The van der Waals surface area contributed by atoms with Crippen LogP contribution in [0.25, 0.3) is 0 Å². The molecule has 0 saturated carbocycles. The highest BCUT2D eigenvalue weighted by atomic mass is 28.3. The van der Waals surface area contributed by atoms with Gasteiger partial charge in [-0.05, 0) is 38.6 Å².